The highest BCUT2D eigenvalue weighted by Crippen LogP contribution is 2.28. The minimum Gasteiger partial charge on any atom is -0.370 e. The summed E-state index contributed by atoms with van der Waals surface area (Å²) >= 11 is 3.22. The largest absolute Gasteiger partial charge is 0.370 e. The lowest BCUT2D eigenvalue weighted by Crippen LogP contribution is -2.03. The summed E-state index contributed by atoms with van der Waals surface area (Å²) in [6.45, 7) is 2.46. The number of nitro groups is 1. The van der Waals surface area contributed by atoms with E-state index in [1.807, 2.05) is 6.92 Å². The van der Waals surface area contributed by atoms with Gasteiger partial charge in [0.2, 0.25) is 0 Å². The molecule has 0 aliphatic rings. The number of aromatic nitrogens is 1. The van der Waals surface area contributed by atoms with E-state index in [0.717, 1.165) is 0 Å². The Morgan fingerprint density at radius 1 is 1.33 bits per heavy atom. The Morgan fingerprint density at radius 3 is 2.67 bits per heavy atom. The lowest BCUT2D eigenvalue weighted by molar-refractivity contribution is -0.384. The summed E-state index contributed by atoms with van der Waals surface area (Å²) in [5.74, 6) is 0.313. The minimum absolute atomic E-state index is 0.0818. The maximum Gasteiger partial charge on any atom is 0.276 e. The fraction of sp³-hybridized carbons (Fsp3) is 0.154. The topological polar surface area (TPSA) is 80.1 Å². The molecule has 1 aromatic heterocycles. The van der Waals surface area contributed by atoms with Crippen molar-refractivity contribution in [1.29, 1.82) is 0 Å². The van der Waals surface area contributed by atoms with Crippen LogP contribution in [0, 0.1) is 15.9 Å². The maximum atomic E-state index is 13.0. The molecule has 0 amide bonds. The Balaban J connectivity index is 2.36. The zero-order chi connectivity index (χ0) is 15.4. The van der Waals surface area contributed by atoms with Crippen molar-refractivity contribution in [3.05, 3.63) is 50.7 Å². The molecule has 0 saturated carbocycles. The lowest BCUT2D eigenvalue weighted by Gasteiger charge is -2.10. The molecule has 21 heavy (non-hydrogen) atoms. The molecule has 8 heteroatoms. The molecule has 2 aromatic rings. The van der Waals surface area contributed by atoms with Crippen LogP contribution < -0.4 is 10.6 Å². The smallest absolute Gasteiger partial charge is 0.276 e. The van der Waals surface area contributed by atoms with Crippen molar-refractivity contribution in [1.82, 2.24) is 4.98 Å². The highest BCUT2D eigenvalue weighted by molar-refractivity contribution is 9.10. The summed E-state index contributed by atoms with van der Waals surface area (Å²) in [6.07, 6.45) is 0. The molecule has 0 spiro atoms. The minimum atomic E-state index is -0.493. The fourth-order valence-electron chi connectivity index (χ4n) is 1.69. The predicted octanol–water partition coefficient (Wildman–Crippen LogP) is 4.07. The molecule has 1 aromatic carbocycles. The third-order valence-corrected chi connectivity index (χ3v) is 3.23. The van der Waals surface area contributed by atoms with Crippen molar-refractivity contribution in [2.75, 3.05) is 17.2 Å². The van der Waals surface area contributed by atoms with Crippen LogP contribution in [0.25, 0.3) is 0 Å². The van der Waals surface area contributed by atoms with Gasteiger partial charge < -0.3 is 10.6 Å². The van der Waals surface area contributed by atoms with Crippen LogP contribution in [0.1, 0.15) is 6.92 Å². The first-order valence-electron chi connectivity index (χ1n) is 6.12. The van der Waals surface area contributed by atoms with E-state index < -0.39 is 4.92 Å². The van der Waals surface area contributed by atoms with Crippen molar-refractivity contribution in [3.63, 3.8) is 0 Å². The van der Waals surface area contributed by atoms with Gasteiger partial charge in [0.25, 0.3) is 5.69 Å². The molecule has 0 fully saturated rings. The summed E-state index contributed by atoms with van der Waals surface area (Å²) in [5, 5.41) is 16.8. The van der Waals surface area contributed by atoms with Crippen LogP contribution in [0.15, 0.2) is 34.8 Å². The zero-order valence-electron chi connectivity index (χ0n) is 11.1. The molecule has 2 N–H and O–H groups in total. The Bertz CT molecular complexity index is 681. The maximum absolute atomic E-state index is 13.0. The first-order valence-corrected chi connectivity index (χ1v) is 6.91. The molecule has 0 aliphatic carbocycles. The number of nitrogens with one attached hydrogen (secondary N) is 2. The van der Waals surface area contributed by atoms with Crippen LogP contribution >= 0.6 is 15.9 Å². The van der Waals surface area contributed by atoms with Crippen LogP contribution in [0.4, 0.5) is 27.4 Å². The Hall–Kier alpha value is -2.22. The summed E-state index contributed by atoms with van der Waals surface area (Å²) in [6, 6.07) is 6.78. The Morgan fingerprint density at radius 2 is 2.05 bits per heavy atom. The third-order valence-electron chi connectivity index (χ3n) is 2.57. The molecule has 1 heterocycles. The van der Waals surface area contributed by atoms with Gasteiger partial charge in [-0.2, -0.15) is 0 Å². The van der Waals surface area contributed by atoms with Gasteiger partial charge >= 0.3 is 0 Å². The number of nitrogens with zero attached hydrogens (tertiary/aromatic N) is 2. The van der Waals surface area contributed by atoms with Crippen LogP contribution in [-0.4, -0.2) is 16.5 Å². The molecular formula is C13H12BrFN4O2. The van der Waals surface area contributed by atoms with Gasteiger partial charge in [-0.1, -0.05) is 0 Å². The van der Waals surface area contributed by atoms with Crippen LogP contribution in [0.3, 0.4) is 0 Å². The number of anilines is 3. The van der Waals surface area contributed by atoms with Crippen molar-refractivity contribution in [2.24, 2.45) is 0 Å². The standard InChI is InChI=1S/C13H12BrFN4O2/c1-2-16-12-6-9(19(20)21)7-13(18-12)17-11-4-3-8(15)5-10(11)14/h3-7H,2H2,1H3,(H2,16,17,18). The molecular weight excluding hydrogens is 343 g/mol. The predicted molar refractivity (Wildman–Crippen MR) is 82.4 cm³/mol. The first kappa shape index (κ1) is 15.2. The van der Waals surface area contributed by atoms with Crippen molar-refractivity contribution in [3.8, 4) is 0 Å². The second-order valence-electron chi connectivity index (χ2n) is 4.13. The van der Waals surface area contributed by atoms with Crippen molar-refractivity contribution < 1.29 is 9.31 Å². The van der Waals surface area contributed by atoms with E-state index in [-0.39, 0.29) is 11.5 Å². The van der Waals surface area contributed by atoms with E-state index in [0.29, 0.717) is 28.3 Å². The van der Waals surface area contributed by atoms with Crippen LogP contribution in [-0.2, 0) is 0 Å². The fourth-order valence-corrected chi connectivity index (χ4v) is 2.14. The number of hydrogen-bond donors (Lipinski definition) is 2. The van der Waals surface area contributed by atoms with Crippen molar-refractivity contribution in [2.45, 2.75) is 6.92 Å². The van der Waals surface area contributed by atoms with E-state index >= 15 is 0 Å². The van der Waals surface area contributed by atoms with Gasteiger partial charge in [0, 0.05) is 11.0 Å². The average molecular weight is 355 g/mol. The second kappa shape index (κ2) is 6.49. The van der Waals surface area contributed by atoms with Gasteiger partial charge in [-0.3, -0.25) is 10.1 Å². The van der Waals surface area contributed by atoms with E-state index in [1.54, 1.807) is 0 Å². The van der Waals surface area contributed by atoms with Crippen LogP contribution in [0.2, 0.25) is 0 Å². The van der Waals surface area contributed by atoms with Gasteiger partial charge in [-0.05, 0) is 41.1 Å². The van der Waals surface area contributed by atoms with E-state index in [4.69, 9.17) is 0 Å². The molecule has 0 bridgehead atoms. The monoisotopic (exact) mass is 354 g/mol. The van der Waals surface area contributed by atoms with Crippen LogP contribution in [0.5, 0.6) is 0 Å². The molecule has 0 saturated heterocycles. The number of benzene rings is 1. The number of halogens is 2. The number of hydrogen-bond acceptors (Lipinski definition) is 5. The molecule has 6 nitrogen and oxygen atoms in total. The van der Waals surface area contributed by atoms with Gasteiger partial charge in [-0.25, -0.2) is 9.37 Å². The molecule has 0 radical (unpaired) electrons. The first-order chi connectivity index (χ1) is 9.99. The summed E-state index contributed by atoms with van der Waals surface area (Å²) in [5.41, 5.74) is 0.480. The highest BCUT2D eigenvalue weighted by atomic mass is 79.9. The van der Waals surface area contributed by atoms with Crippen molar-refractivity contribution >= 4 is 38.9 Å². The third kappa shape index (κ3) is 3.88. The Labute approximate surface area is 128 Å². The molecule has 0 aliphatic heterocycles. The zero-order valence-corrected chi connectivity index (χ0v) is 12.6. The summed E-state index contributed by atoms with van der Waals surface area (Å²) in [4.78, 5) is 14.7. The SMILES string of the molecule is CCNc1cc([N+](=O)[O-])cc(Nc2ccc(F)cc2Br)n1. The molecule has 110 valence electrons. The number of pyridine rings is 1. The van der Waals surface area contributed by atoms with Gasteiger partial charge in [0.1, 0.15) is 17.5 Å². The van der Waals surface area contributed by atoms with Gasteiger partial charge in [0.15, 0.2) is 0 Å². The summed E-state index contributed by atoms with van der Waals surface area (Å²) in [7, 11) is 0. The van der Waals surface area contributed by atoms with E-state index in [2.05, 4.69) is 31.5 Å². The normalized spacial score (nSPS) is 10.2. The molecule has 0 atom stereocenters. The molecule has 0 unspecified atom stereocenters. The highest BCUT2D eigenvalue weighted by Gasteiger charge is 2.12. The Kier molecular flexibility index (Phi) is 4.69. The average Bonchev–Trinajstić information content (AvgIpc) is 2.42. The van der Waals surface area contributed by atoms with Gasteiger partial charge in [-0.15, -0.1) is 0 Å². The second-order valence-corrected chi connectivity index (χ2v) is 4.99. The van der Waals surface area contributed by atoms with E-state index in [1.165, 1.54) is 30.3 Å². The van der Waals surface area contributed by atoms with E-state index in [9.17, 15) is 14.5 Å². The lowest BCUT2D eigenvalue weighted by atomic mass is 10.3. The van der Waals surface area contributed by atoms with Gasteiger partial charge in [0.05, 0.1) is 22.7 Å². The molecule has 2 rings (SSSR count). The number of rotatable bonds is 5. The summed E-state index contributed by atoms with van der Waals surface area (Å²) < 4.78 is 13.5. The quantitative estimate of drug-likeness (QED) is 0.624.